The average molecular weight is 217 g/mol. The summed E-state index contributed by atoms with van der Waals surface area (Å²) >= 11 is 0. The number of hydrogen-bond acceptors (Lipinski definition) is 3. The SMILES string of the molecule is Fc1ccc(CNCc2ccncn2)cc1. The molecule has 82 valence electrons. The quantitative estimate of drug-likeness (QED) is 0.850. The standard InChI is InChI=1S/C12H12FN3/c13-11-3-1-10(2-4-11)7-15-8-12-5-6-14-9-16-12/h1-6,9,15H,7-8H2. The molecule has 1 aromatic heterocycles. The second-order valence-electron chi connectivity index (χ2n) is 3.43. The lowest BCUT2D eigenvalue weighted by atomic mass is 10.2. The van der Waals surface area contributed by atoms with Gasteiger partial charge in [0.15, 0.2) is 0 Å². The molecule has 2 rings (SSSR count). The summed E-state index contributed by atoms with van der Waals surface area (Å²) in [4.78, 5) is 7.93. The Labute approximate surface area is 93.4 Å². The Hall–Kier alpha value is -1.81. The summed E-state index contributed by atoms with van der Waals surface area (Å²) in [6, 6.07) is 8.31. The molecule has 0 unspecified atom stereocenters. The minimum Gasteiger partial charge on any atom is -0.307 e. The molecule has 0 amide bonds. The maximum absolute atomic E-state index is 12.6. The van der Waals surface area contributed by atoms with Crippen molar-refractivity contribution in [2.75, 3.05) is 0 Å². The van der Waals surface area contributed by atoms with Gasteiger partial charge in [0.2, 0.25) is 0 Å². The van der Waals surface area contributed by atoms with Crippen molar-refractivity contribution in [2.45, 2.75) is 13.1 Å². The van der Waals surface area contributed by atoms with Crippen molar-refractivity contribution < 1.29 is 4.39 Å². The van der Waals surface area contributed by atoms with E-state index in [-0.39, 0.29) is 5.82 Å². The average Bonchev–Trinajstić information content (AvgIpc) is 2.33. The normalized spacial score (nSPS) is 10.3. The highest BCUT2D eigenvalue weighted by molar-refractivity contribution is 5.15. The van der Waals surface area contributed by atoms with E-state index in [1.807, 2.05) is 6.07 Å². The number of halogens is 1. The molecule has 0 bridgehead atoms. The van der Waals surface area contributed by atoms with E-state index in [0.29, 0.717) is 13.1 Å². The molecule has 0 spiro atoms. The first-order valence-electron chi connectivity index (χ1n) is 5.04. The highest BCUT2D eigenvalue weighted by atomic mass is 19.1. The van der Waals surface area contributed by atoms with Crippen LogP contribution >= 0.6 is 0 Å². The molecule has 1 aromatic carbocycles. The van der Waals surface area contributed by atoms with E-state index in [1.165, 1.54) is 18.5 Å². The number of rotatable bonds is 4. The van der Waals surface area contributed by atoms with Gasteiger partial charge in [0.05, 0.1) is 5.69 Å². The summed E-state index contributed by atoms with van der Waals surface area (Å²) in [5.74, 6) is -0.209. The van der Waals surface area contributed by atoms with E-state index in [1.54, 1.807) is 18.3 Å². The monoisotopic (exact) mass is 217 g/mol. The van der Waals surface area contributed by atoms with Crippen LogP contribution in [0.3, 0.4) is 0 Å². The van der Waals surface area contributed by atoms with Crippen molar-refractivity contribution in [1.29, 1.82) is 0 Å². The molecule has 0 radical (unpaired) electrons. The van der Waals surface area contributed by atoms with Crippen LogP contribution in [0, 0.1) is 5.82 Å². The van der Waals surface area contributed by atoms with Gasteiger partial charge in [-0.05, 0) is 23.8 Å². The Morgan fingerprint density at radius 3 is 2.56 bits per heavy atom. The van der Waals surface area contributed by atoms with Crippen LogP contribution in [-0.4, -0.2) is 9.97 Å². The summed E-state index contributed by atoms with van der Waals surface area (Å²) < 4.78 is 12.6. The molecule has 4 heteroatoms. The molecular formula is C12H12FN3. The van der Waals surface area contributed by atoms with Gasteiger partial charge in [-0.3, -0.25) is 0 Å². The molecule has 16 heavy (non-hydrogen) atoms. The van der Waals surface area contributed by atoms with Crippen LogP contribution in [0.4, 0.5) is 4.39 Å². The smallest absolute Gasteiger partial charge is 0.123 e. The van der Waals surface area contributed by atoms with Crippen molar-refractivity contribution in [3.8, 4) is 0 Å². The largest absolute Gasteiger partial charge is 0.307 e. The molecule has 1 N–H and O–H groups in total. The molecular weight excluding hydrogens is 205 g/mol. The summed E-state index contributed by atoms with van der Waals surface area (Å²) in [7, 11) is 0. The van der Waals surface area contributed by atoms with Crippen molar-refractivity contribution in [1.82, 2.24) is 15.3 Å². The fourth-order valence-electron chi connectivity index (χ4n) is 1.36. The van der Waals surface area contributed by atoms with Gasteiger partial charge in [-0.2, -0.15) is 0 Å². The first-order valence-corrected chi connectivity index (χ1v) is 5.04. The predicted octanol–water partition coefficient (Wildman–Crippen LogP) is 1.91. The number of hydrogen-bond donors (Lipinski definition) is 1. The van der Waals surface area contributed by atoms with Crippen LogP contribution in [0.25, 0.3) is 0 Å². The Bertz CT molecular complexity index is 428. The number of benzene rings is 1. The third kappa shape index (κ3) is 3.10. The molecule has 0 saturated heterocycles. The first kappa shape index (κ1) is 10.7. The summed E-state index contributed by atoms with van der Waals surface area (Å²) in [6.07, 6.45) is 3.23. The van der Waals surface area contributed by atoms with Gasteiger partial charge in [0.1, 0.15) is 12.1 Å². The number of nitrogens with one attached hydrogen (secondary N) is 1. The Balaban J connectivity index is 1.82. The van der Waals surface area contributed by atoms with Gasteiger partial charge in [0.25, 0.3) is 0 Å². The van der Waals surface area contributed by atoms with Gasteiger partial charge in [-0.15, -0.1) is 0 Å². The minimum absolute atomic E-state index is 0.209. The van der Waals surface area contributed by atoms with Crippen LogP contribution in [0.15, 0.2) is 42.9 Å². The molecule has 3 nitrogen and oxygen atoms in total. The third-order valence-corrected chi connectivity index (χ3v) is 2.19. The lowest BCUT2D eigenvalue weighted by Gasteiger charge is -2.03. The Morgan fingerprint density at radius 2 is 1.88 bits per heavy atom. The van der Waals surface area contributed by atoms with Gasteiger partial charge < -0.3 is 5.32 Å². The highest BCUT2D eigenvalue weighted by Gasteiger charge is 1.95. The van der Waals surface area contributed by atoms with E-state index < -0.39 is 0 Å². The highest BCUT2D eigenvalue weighted by Crippen LogP contribution is 2.02. The summed E-state index contributed by atoms with van der Waals surface area (Å²) in [5, 5.41) is 3.22. The molecule has 2 aromatic rings. The van der Waals surface area contributed by atoms with Crippen molar-refractivity contribution in [3.05, 3.63) is 59.9 Å². The lowest BCUT2D eigenvalue weighted by Crippen LogP contribution is -2.13. The lowest BCUT2D eigenvalue weighted by molar-refractivity contribution is 0.624. The predicted molar refractivity (Wildman–Crippen MR) is 59.0 cm³/mol. The summed E-state index contributed by atoms with van der Waals surface area (Å²) in [5.41, 5.74) is 1.99. The van der Waals surface area contributed by atoms with Crippen LogP contribution in [-0.2, 0) is 13.1 Å². The second kappa shape index (κ2) is 5.32. The molecule has 0 saturated carbocycles. The fourth-order valence-corrected chi connectivity index (χ4v) is 1.36. The summed E-state index contributed by atoms with van der Waals surface area (Å²) in [6.45, 7) is 1.38. The van der Waals surface area contributed by atoms with Crippen LogP contribution in [0.1, 0.15) is 11.3 Å². The first-order chi connectivity index (χ1) is 7.84. The molecule has 0 fully saturated rings. The van der Waals surface area contributed by atoms with E-state index in [0.717, 1.165) is 11.3 Å². The zero-order valence-electron chi connectivity index (χ0n) is 8.73. The van der Waals surface area contributed by atoms with Crippen molar-refractivity contribution >= 4 is 0 Å². The minimum atomic E-state index is -0.209. The van der Waals surface area contributed by atoms with Crippen LogP contribution < -0.4 is 5.32 Å². The Kier molecular flexibility index (Phi) is 3.56. The zero-order chi connectivity index (χ0) is 11.2. The second-order valence-corrected chi connectivity index (χ2v) is 3.43. The fraction of sp³-hybridized carbons (Fsp3) is 0.167. The molecule has 0 aliphatic rings. The van der Waals surface area contributed by atoms with Gasteiger partial charge in [0, 0.05) is 19.3 Å². The van der Waals surface area contributed by atoms with E-state index in [4.69, 9.17) is 0 Å². The molecule has 0 atom stereocenters. The van der Waals surface area contributed by atoms with Crippen LogP contribution in [0.5, 0.6) is 0 Å². The third-order valence-electron chi connectivity index (χ3n) is 2.19. The van der Waals surface area contributed by atoms with Crippen LogP contribution in [0.2, 0.25) is 0 Å². The zero-order valence-corrected chi connectivity index (χ0v) is 8.73. The van der Waals surface area contributed by atoms with E-state index >= 15 is 0 Å². The molecule has 1 heterocycles. The number of aromatic nitrogens is 2. The van der Waals surface area contributed by atoms with Crippen molar-refractivity contribution in [2.24, 2.45) is 0 Å². The van der Waals surface area contributed by atoms with E-state index in [9.17, 15) is 4.39 Å². The van der Waals surface area contributed by atoms with Gasteiger partial charge in [-0.1, -0.05) is 12.1 Å². The van der Waals surface area contributed by atoms with Crippen molar-refractivity contribution in [3.63, 3.8) is 0 Å². The Morgan fingerprint density at radius 1 is 1.06 bits per heavy atom. The molecule has 0 aliphatic heterocycles. The number of nitrogens with zero attached hydrogens (tertiary/aromatic N) is 2. The van der Waals surface area contributed by atoms with Gasteiger partial charge in [-0.25, -0.2) is 14.4 Å². The topological polar surface area (TPSA) is 37.8 Å². The maximum atomic E-state index is 12.6. The van der Waals surface area contributed by atoms with Gasteiger partial charge >= 0.3 is 0 Å². The maximum Gasteiger partial charge on any atom is 0.123 e. The van der Waals surface area contributed by atoms with E-state index in [2.05, 4.69) is 15.3 Å². The molecule has 0 aliphatic carbocycles.